The average Bonchev–Trinajstić information content (AvgIpc) is 3.09. The van der Waals surface area contributed by atoms with Gasteiger partial charge in [0.15, 0.2) is 5.76 Å². The lowest BCUT2D eigenvalue weighted by atomic mass is 10.3. The number of hydrogen-bond acceptors (Lipinski definition) is 4. The van der Waals surface area contributed by atoms with E-state index in [0.717, 1.165) is 0 Å². The molecule has 0 radical (unpaired) electrons. The summed E-state index contributed by atoms with van der Waals surface area (Å²) in [5.41, 5.74) is 0.366. The van der Waals surface area contributed by atoms with E-state index in [0.29, 0.717) is 5.69 Å². The van der Waals surface area contributed by atoms with E-state index in [4.69, 9.17) is 4.42 Å². The minimum atomic E-state index is -3.83. The molecule has 0 atom stereocenters. The van der Waals surface area contributed by atoms with Gasteiger partial charge in [-0.05, 0) is 48.5 Å². The standard InChI is InChI=1S/C17H12FNO4S/c18-12-6-8-13(9-7-12)19-17(20)15-10-11-16(23-15)24(21,22)14-4-2-1-3-5-14/h1-11H,(H,19,20). The molecular formula is C17H12FNO4S. The molecule has 0 bridgehead atoms. The number of sulfone groups is 1. The van der Waals surface area contributed by atoms with Crippen LogP contribution in [-0.2, 0) is 9.84 Å². The maximum atomic E-state index is 12.8. The van der Waals surface area contributed by atoms with Crippen LogP contribution in [0.5, 0.6) is 0 Å². The summed E-state index contributed by atoms with van der Waals surface area (Å²) in [6.07, 6.45) is 0. The minimum Gasteiger partial charge on any atom is -0.439 e. The van der Waals surface area contributed by atoms with Gasteiger partial charge in [-0.2, -0.15) is 0 Å². The van der Waals surface area contributed by atoms with E-state index in [1.54, 1.807) is 18.2 Å². The van der Waals surface area contributed by atoms with E-state index >= 15 is 0 Å². The third kappa shape index (κ3) is 3.21. The maximum Gasteiger partial charge on any atom is 0.291 e. The van der Waals surface area contributed by atoms with Crippen LogP contribution in [0.15, 0.2) is 81.1 Å². The third-order valence-corrected chi connectivity index (χ3v) is 4.87. The number of carbonyl (C=O) groups excluding carboxylic acids is 1. The first-order valence-electron chi connectivity index (χ1n) is 6.94. The quantitative estimate of drug-likeness (QED) is 0.785. The summed E-state index contributed by atoms with van der Waals surface area (Å²) in [6.45, 7) is 0. The Labute approximate surface area is 137 Å². The van der Waals surface area contributed by atoms with Crippen LogP contribution >= 0.6 is 0 Å². The van der Waals surface area contributed by atoms with E-state index in [1.807, 2.05) is 0 Å². The lowest BCUT2D eigenvalue weighted by molar-refractivity contribution is 0.0991. The van der Waals surface area contributed by atoms with E-state index in [2.05, 4.69) is 5.32 Å². The SMILES string of the molecule is O=C(Nc1ccc(F)cc1)c1ccc(S(=O)(=O)c2ccccc2)o1. The first-order chi connectivity index (χ1) is 11.5. The third-order valence-electron chi connectivity index (χ3n) is 3.23. The molecule has 1 aromatic heterocycles. The van der Waals surface area contributed by atoms with Crippen molar-refractivity contribution in [3.8, 4) is 0 Å². The van der Waals surface area contributed by atoms with Crippen LogP contribution in [0.3, 0.4) is 0 Å². The van der Waals surface area contributed by atoms with Crippen molar-refractivity contribution >= 4 is 21.4 Å². The molecule has 0 aliphatic carbocycles. The fourth-order valence-corrected chi connectivity index (χ4v) is 3.22. The Morgan fingerprint density at radius 3 is 2.25 bits per heavy atom. The van der Waals surface area contributed by atoms with Gasteiger partial charge in [0.25, 0.3) is 5.91 Å². The zero-order valence-electron chi connectivity index (χ0n) is 12.3. The van der Waals surface area contributed by atoms with E-state index in [1.165, 1.54) is 48.5 Å². The Kier molecular flexibility index (Phi) is 4.18. The monoisotopic (exact) mass is 345 g/mol. The number of furan rings is 1. The first-order valence-corrected chi connectivity index (χ1v) is 8.42. The predicted molar refractivity (Wildman–Crippen MR) is 85.0 cm³/mol. The minimum absolute atomic E-state index is 0.0739. The molecule has 3 aromatic rings. The number of anilines is 1. The molecule has 2 aromatic carbocycles. The van der Waals surface area contributed by atoms with Crippen molar-refractivity contribution in [2.75, 3.05) is 5.32 Å². The van der Waals surface area contributed by atoms with Crippen LogP contribution in [0.2, 0.25) is 0 Å². The lowest BCUT2D eigenvalue weighted by Gasteiger charge is -2.03. The van der Waals surface area contributed by atoms with Crippen molar-refractivity contribution in [1.29, 1.82) is 0 Å². The summed E-state index contributed by atoms with van der Waals surface area (Å²) in [5, 5.41) is 2.17. The van der Waals surface area contributed by atoms with Gasteiger partial charge in [-0.25, -0.2) is 12.8 Å². The Balaban J connectivity index is 1.82. The van der Waals surface area contributed by atoms with Crippen LogP contribution < -0.4 is 5.32 Å². The molecule has 0 saturated carbocycles. The Hall–Kier alpha value is -2.93. The molecule has 0 saturated heterocycles. The number of amides is 1. The normalized spacial score (nSPS) is 11.2. The summed E-state index contributed by atoms with van der Waals surface area (Å²) in [4.78, 5) is 12.2. The van der Waals surface area contributed by atoms with Crippen molar-refractivity contribution in [1.82, 2.24) is 0 Å². The van der Waals surface area contributed by atoms with Gasteiger partial charge in [0.1, 0.15) is 5.82 Å². The van der Waals surface area contributed by atoms with Gasteiger partial charge < -0.3 is 9.73 Å². The highest BCUT2D eigenvalue weighted by atomic mass is 32.2. The Morgan fingerprint density at radius 2 is 1.58 bits per heavy atom. The van der Waals surface area contributed by atoms with Crippen molar-refractivity contribution in [2.45, 2.75) is 9.99 Å². The number of halogens is 1. The lowest BCUT2D eigenvalue weighted by Crippen LogP contribution is -2.11. The fourth-order valence-electron chi connectivity index (χ4n) is 2.03. The summed E-state index contributed by atoms with van der Waals surface area (Å²) in [7, 11) is -3.83. The molecule has 1 N–H and O–H groups in total. The van der Waals surface area contributed by atoms with Crippen LogP contribution in [0, 0.1) is 5.82 Å². The second kappa shape index (κ2) is 6.29. The molecule has 0 unspecified atom stereocenters. The zero-order valence-corrected chi connectivity index (χ0v) is 13.1. The van der Waals surface area contributed by atoms with Gasteiger partial charge in [-0.15, -0.1) is 0 Å². The van der Waals surface area contributed by atoms with Gasteiger partial charge in [-0.1, -0.05) is 18.2 Å². The molecule has 0 fully saturated rings. The molecule has 122 valence electrons. The average molecular weight is 345 g/mol. The van der Waals surface area contributed by atoms with Crippen LogP contribution in [0.1, 0.15) is 10.6 Å². The summed E-state index contributed by atoms with van der Waals surface area (Å²) in [6, 6.07) is 15.4. The van der Waals surface area contributed by atoms with Crippen molar-refractivity contribution < 1.29 is 22.0 Å². The highest BCUT2D eigenvalue weighted by Gasteiger charge is 2.23. The molecule has 5 nitrogen and oxygen atoms in total. The first kappa shape index (κ1) is 15.9. The van der Waals surface area contributed by atoms with Gasteiger partial charge in [0.2, 0.25) is 14.9 Å². The molecular weight excluding hydrogens is 333 g/mol. The smallest absolute Gasteiger partial charge is 0.291 e. The summed E-state index contributed by atoms with van der Waals surface area (Å²) >= 11 is 0. The fraction of sp³-hybridized carbons (Fsp3) is 0. The van der Waals surface area contributed by atoms with Crippen LogP contribution in [-0.4, -0.2) is 14.3 Å². The highest BCUT2D eigenvalue weighted by Crippen LogP contribution is 2.23. The number of rotatable bonds is 4. The highest BCUT2D eigenvalue weighted by molar-refractivity contribution is 7.91. The van der Waals surface area contributed by atoms with E-state index < -0.39 is 21.6 Å². The van der Waals surface area contributed by atoms with Gasteiger partial charge in [-0.3, -0.25) is 4.79 Å². The second-order valence-corrected chi connectivity index (χ2v) is 6.78. The maximum absolute atomic E-state index is 12.8. The number of nitrogens with one attached hydrogen (secondary N) is 1. The van der Waals surface area contributed by atoms with E-state index in [9.17, 15) is 17.6 Å². The largest absolute Gasteiger partial charge is 0.439 e. The Bertz CT molecular complexity index is 963. The van der Waals surface area contributed by atoms with Gasteiger partial charge >= 0.3 is 0 Å². The molecule has 1 amide bonds. The topological polar surface area (TPSA) is 76.4 Å². The molecule has 0 aliphatic heterocycles. The van der Waals surface area contributed by atoms with Crippen molar-refractivity contribution in [3.05, 3.63) is 78.3 Å². The van der Waals surface area contributed by atoms with Crippen LogP contribution in [0.25, 0.3) is 0 Å². The van der Waals surface area contributed by atoms with E-state index in [-0.39, 0.29) is 15.7 Å². The molecule has 7 heteroatoms. The number of benzene rings is 2. The van der Waals surface area contributed by atoms with Crippen LogP contribution in [0.4, 0.5) is 10.1 Å². The molecule has 0 spiro atoms. The molecule has 3 rings (SSSR count). The second-order valence-electron chi connectivity index (χ2n) is 4.90. The summed E-state index contributed by atoms with van der Waals surface area (Å²) < 4.78 is 42.8. The number of hydrogen-bond donors (Lipinski definition) is 1. The van der Waals surface area contributed by atoms with Gasteiger partial charge in [0, 0.05) is 5.69 Å². The molecule has 0 aliphatic rings. The van der Waals surface area contributed by atoms with Crippen molar-refractivity contribution in [3.63, 3.8) is 0 Å². The number of carbonyl (C=O) groups is 1. The summed E-state index contributed by atoms with van der Waals surface area (Å²) in [5.74, 6) is -1.22. The Morgan fingerprint density at radius 1 is 0.917 bits per heavy atom. The van der Waals surface area contributed by atoms with Gasteiger partial charge in [0.05, 0.1) is 4.90 Å². The molecule has 1 heterocycles. The zero-order chi connectivity index (χ0) is 17.2. The predicted octanol–water partition coefficient (Wildman–Crippen LogP) is 3.50. The molecule has 24 heavy (non-hydrogen) atoms. The van der Waals surface area contributed by atoms with Crippen molar-refractivity contribution in [2.24, 2.45) is 0 Å².